The summed E-state index contributed by atoms with van der Waals surface area (Å²) in [5.74, 6) is 0.942. The summed E-state index contributed by atoms with van der Waals surface area (Å²) >= 11 is 0. The first-order chi connectivity index (χ1) is 6.08. The number of likely N-dealkylation sites (tertiary alicyclic amines) is 1. The lowest BCUT2D eigenvalue weighted by molar-refractivity contribution is 0.194. The predicted octanol–water partition coefficient (Wildman–Crippen LogP) is 1.46. The van der Waals surface area contributed by atoms with Gasteiger partial charge in [0.2, 0.25) is 0 Å². The van der Waals surface area contributed by atoms with Gasteiger partial charge in [0.15, 0.2) is 0 Å². The van der Waals surface area contributed by atoms with Crippen molar-refractivity contribution in [3.63, 3.8) is 0 Å². The summed E-state index contributed by atoms with van der Waals surface area (Å²) in [7, 11) is 0. The van der Waals surface area contributed by atoms with Crippen LogP contribution in [0.25, 0.3) is 0 Å². The highest BCUT2D eigenvalue weighted by Crippen LogP contribution is 2.51. The first-order valence-corrected chi connectivity index (χ1v) is 5.56. The second-order valence-electron chi connectivity index (χ2n) is 5.55. The van der Waals surface area contributed by atoms with E-state index in [1.807, 2.05) is 0 Å². The molecule has 2 heteroatoms. The van der Waals surface area contributed by atoms with Crippen LogP contribution < -0.4 is 5.73 Å². The summed E-state index contributed by atoms with van der Waals surface area (Å²) in [6.07, 6.45) is 3.94. The van der Waals surface area contributed by atoms with Crippen molar-refractivity contribution >= 4 is 0 Å². The molecule has 2 nitrogen and oxygen atoms in total. The normalized spacial score (nSPS) is 39.0. The SMILES string of the molecule is CC1(C)CC1CN1CCCC(N)C1. The molecule has 1 heterocycles. The van der Waals surface area contributed by atoms with Crippen LogP contribution in [-0.2, 0) is 0 Å². The average molecular weight is 182 g/mol. The maximum Gasteiger partial charge on any atom is 0.0168 e. The Morgan fingerprint density at radius 2 is 2.15 bits per heavy atom. The summed E-state index contributed by atoms with van der Waals surface area (Å²) < 4.78 is 0. The molecule has 76 valence electrons. The van der Waals surface area contributed by atoms with Crippen molar-refractivity contribution in [3.05, 3.63) is 0 Å². The Morgan fingerprint density at radius 3 is 2.69 bits per heavy atom. The Kier molecular flexibility index (Phi) is 2.37. The van der Waals surface area contributed by atoms with Crippen LogP contribution in [0.15, 0.2) is 0 Å². The standard InChI is InChI=1S/C11H22N2/c1-11(2)6-9(11)7-13-5-3-4-10(12)8-13/h9-10H,3-8,12H2,1-2H3. The van der Waals surface area contributed by atoms with Gasteiger partial charge in [0, 0.05) is 19.1 Å². The molecule has 0 aromatic heterocycles. The van der Waals surface area contributed by atoms with E-state index < -0.39 is 0 Å². The fraction of sp³-hybridized carbons (Fsp3) is 1.00. The number of nitrogens with zero attached hydrogens (tertiary/aromatic N) is 1. The molecule has 13 heavy (non-hydrogen) atoms. The van der Waals surface area contributed by atoms with Crippen LogP contribution in [0.3, 0.4) is 0 Å². The van der Waals surface area contributed by atoms with Crippen molar-refractivity contribution < 1.29 is 0 Å². The van der Waals surface area contributed by atoms with Crippen molar-refractivity contribution in [1.82, 2.24) is 4.90 Å². The fourth-order valence-corrected chi connectivity index (χ4v) is 2.46. The molecule has 2 rings (SSSR count). The van der Waals surface area contributed by atoms with E-state index in [4.69, 9.17) is 5.73 Å². The molecule has 2 atom stereocenters. The van der Waals surface area contributed by atoms with E-state index in [0.29, 0.717) is 11.5 Å². The molecular formula is C11H22N2. The van der Waals surface area contributed by atoms with Gasteiger partial charge in [-0.25, -0.2) is 0 Å². The van der Waals surface area contributed by atoms with Crippen LogP contribution in [0.5, 0.6) is 0 Å². The number of hydrogen-bond acceptors (Lipinski definition) is 2. The zero-order chi connectivity index (χ0) is 9.47. The van der Waals surface area contributed by atoms with E-state index in [1.54, 1.807) is 0 Å². The molecule has 0 radical (unpaired) electrons. The van der Waals surface area contributed by atoms with E-state index >= 15 is 0 Å². The van der Waals surface area contributed by atoms with E-state index in [2.05, 4.69) is 18.7 Å². The van der Waals surface area contributed by atoms with Crippen molar-refractivity contribution in [2.45, 2.75) is 39.2 Å². The highest BCUT2D eigenvalue weighted by molar-refractivity contribution is 4.97. The average Bonchev–Trinajstić information content (AvgIpc) is 2.58. The molecule has 0 spiro atoms. The monoisotopic (exact) mass is 182 g/mol. The third-order valence-corrected chi connectivity index (χ3v) is 3.74. The molecule has 2 N–H and O–H groups in total. The predicted molar refractivity (Wildman–Crippen MR) is 55.5 cm³/mol. The second-order valence-corrected chi connectivity index (χ2v) is 5.55. The molecule has 0 aromatic carbocycles. The van der Waals surface area contributed by atoms with Crippen LogP contribution in [0.4, 0.5) is 0 Å². The summed E-state index contributed by atoms with van der Waals surface area (Å²) in [5, 5.41) is 0. The Morgan fingerprint density at radius 1 is 1.46 bits per heavy atom. The van der Waals surface area contributed by atoms with Gasteiger partial charge in [0.05, 0.1) is 0 Å². The zero-order valence-electron chi connectivity index (χ0n) is 8.92. The number of piperidine rings is 1. The van der Waals surface area contributed by atoms with E-state index in [0.717, 1.165) is 12.5 Å². The Labute approximate surface area is 81.5 Å². The van der Waals surface area contributed by atoms with Gasteiger partial charge in [0.1, 0.15) is 0 Å². The minimum absolute atomic E-state index is 0.440. The quantitative estimate of drug-likeness (QED) is 0.700. The summed E-state index contributed by atoms with van der Waals surface area (Å²) in [5.41, 5.74) is 6.57. The van der Waals surface area contributed by atoms with Crippen LogP contribution >= 0.6 is 0 Å². The van der Waals surface area contributed by atoms with Gasteiger partial charge in [0.25, 0.3) is 0 Å². The van der Waals surface area contributed by atoms with Gasteiger partial charge in [-0.2, -0.15) is 0 Å². The second kappa shape index (κ2) is 3.25. The summed E-state index contributed by atoms with van der Waals surface area (Å²) in [6, 6.07) is 0.440. The molecule has 0 bridgehead atoms. The third-order valence-electron chi connectivity index (χ3n) is 3.74. The smallest absolute Gasteiger partial charge is 0.0168 e. The third kappa shape index (κ3) is 2.23. The zero-order valence-corrected chi connectivity index (χ0v) is 8.92. The molecule has 1 aliphatic carbocycles. The first kappa shape index (κ1) is 9.47. The van der Waals surface area contributed by atoms with Gasteiger partial charge in [-0.05, 0) is 37.1 Å². The number of hydrogen-bond donors (Lipinski definition) is 1. The van der Waals surface area contributed by atoms with Crippen LogP contribution in [0.2, 0.25) is 0 Å². The van der Waals surface area contributed by atoms with Gasteiger partial charge in [-0.15, -0.1) is 0 Å². The minimum Gasteiger partial charge on any atom is -0.327 e. The lowest BCUT2D eigenvalue weighted by Crippen LogP contribution is -2.43. The molecule has 0 aromatic rings. The van der Waals surface area contributed by atoms with Crippen molar-refractivity contribution in [2.24, 2.45) is 17.1 Å². The van der Waals surface area contributed by atoms with Crippen molar-refractivity contribution in [3.8, 4) is 0 Å². The van der Waals surface area contributed by atoms with E-state index in [-0.39, 0.29) is 0 Å². The first-order valence-electron chi connectivity index (χ1n) is 5.56. The Balaban J connectivity index is 1.76. The van der Waals surface area contributed by atoms with Gasteiger partial charge in [-0.1, -0.05) is 13.8 Å². The van der Waals surface area contributed by atoms with Gasteiger partial charge in [-0.3, -0.25) is 0 Å². The maximum absolute atomic E-state index is 5.95. The van der Waals surface area contributed by atoms with Crippen molar-refractivity contribution in [2.75, 3.05) is 19.6 Å². The highest BCUT2D eigenvalue weighted by atomic mass is 15.2. The molecule has 1 saturated heterocycles. The van der Waals surface area contributed by atoms with E-state index in [9.17, 15) is 0 Å². The molecule has 1 saturated carbocycles. The molecule has 1 aliphatic heterocycles. The minimum atomic E-state index is 0.440. The van der Waals surface area contributed by atoms with Crippen molar-refractivity contribution in [1.29, 1.82) is 0 Å². The Hall–Kier alpha value is -0.0800. The van der Waals surface area contributed by atoms with Gasteiger partial charge >= 0.3 is 0 Å². The lowest BCUT2D eigenvalue weighted by Gasteiger charge is -2.31. The number of rotatable bonds is 2. The van der Waals surface area contributed by atoms with Gasteiger partial charge < -0.3 is 10.6 Å². The molecule has 2 unspecified atom stereocenters. The summed E-state index contributed by atoms with van der Waals surface area (Å²) in [6.45, 7) is 8.46. The van der Waals surface area contributed by atoms with Crippen LogP contribution in [0, 0.1) is 11.3 Å². The molecule has 0 amide bonds. The highest BCUT2D eigenvalue weighted by Gasteiger charge is 2.46. The fourth-order valence-electron chi connectivity index (χ4n) is 2.46. The Bertz CT molecular complexity index is 189. The van der Waals surface area contributed by atoms with Crippen LogP contribution in [0.1, 0.15) is 33.1 Å². The summed E-state index contributed by atoms with van der Waals surface area (Å²) in [4.78, 5) is 2.56. The lowest BCUT2D eigenvalue weighted by atomic mass is 10.0. The topological polar surface area (TPSA) is 29.3 Å². The maximum atomic E-state index is 5.95. The van der Waals surface area contributed by atoms with E-state index in [1.165, 1.54) is 32.4 Å². The molecular weight excluding hydrogens is 160 g/mol. The largest absolute Gasteiger partial charge is 0.327 e. The molecule has 2 aliphatic rings. The van der Waals surface area contributed by atoms with Crippen LogP contribution in [-0.4, -0.2) is 30.6 Å². The molecule has 2 fully saturated rings. The number of nitrogens with two attached hydrogens (primary N) is 1.